The zero-order chi connectivity index (χ0) is 17.7. The van der Waals surface area contributed by atoms with Crippen molar-refractivity contribution in [2.24, 2.45) is 0 Å². The number of hydrogen-bond acceptors (Lipinski definition) is 3. The number of hydrogen-bond donors (Lipinski definition) is 1. The molecule has 2 aromatic carbocycles. The van der Waals surface area contributed by atoms with E-state index in [1.807, 2.05) is 30.3 Å². The Labute approximate surface area is 142 Å². The highest BCUT2D eigenvalue weighted by atomic mass is 16.5. The summed E-state index contributed by atoms with van der Waals surface area (Å²) in [4.78, 5) is 24.1. The third-order valence-electron chi connectivity index (χ3n) is 3.68. The second kappa shape index (κ2) is 7.30. The van der Waals surface area contributed by atoms with Gasteiger partial charge >= 0.3 is 5.97 Å². The number of amides is 1. The summed E-state index contributed by atoms with van der Waals surface area (Å²) in [5.74, 6) is -0.871. The van der Waals surface area contributed by atoms with Crippen molar-refractivity contribution in [3.8, 4) is 0 Å². The summed E-state index contributed by atoms with van der Waals surface area (Å²) in [6.07, 6.45) is -0.875. The van der Waals surface area contributed by atoms with Gasteiger partial charge in [-0.2, -0.15) is 0 Å². The highest BCUT2D eigenvalue weighted by molar-refractivity contribution is 5.97. The van der Waals surface area contributed by atoms with Crippen molar-refractivity contribution in [1.82, 2.24) is 0 Å². The normalized spacial score (nSPS) is 12.3. The highest BCUT2D eigenvalue weighted by Crippen LogP contribution is 2.23. The first-order chi connectivity index (χ1) is 11.3. The van der Waals surface area contributed by atoms with Crippen LogP contribution < -0.4 is 5.32 Å². The molecule has 0 aromatic heterocycles. The minimum atomic E-state index is -0.875. The molecule has 0 aliphatic heterocycles. The predicted molar refractivity (Wildman–Crippen MR) is 95.1 cm³/mol. The maximum Gasteiger partial charge on any atom is 0.338 e. The fourth-order valence-corrected chi connectivity index (χ4v) is 2.15. The molecule has 24 heavy (non-hydrogen) atoms. The summed E-state index contributed by atoms with van der Waals surface area (Å²) < 4.78 is 5.20. The van der Waals surface area contributed by atoms with Crippen molar-refractivity contribution in [1.29, 1.82) is 0 Å². The quantitative estimate of drug-likeness (QED) is 0.858. The molecule has 0 saturated heterocycles. The molecule has 1 amide bonds. The van der Waals surface area contributed by atoms with Crippen molar-refractivity contribution in [2.75, 3.05) is 5.32 Å². The summed E-state index contributed by atoms with van der Waals surface area (Å²) in [6.45, 7) is 7.95. The van der Waals surface area contributed by atoms with Crippen LogP contribution in [0.15, 0.2) is 54.6 Å². The highest BCUT2D eigenvalue weighted by Gasteiger charge is 2.19. The Morgan fingerprint density at radius 2 is 1.54 bits per heavy atom. The lowest BCUT2D eigenvalue weighted by Crippen LogP contribution is -2.30. The van der Waals surface area contributed by atoms with Gasteiger partial charge in [-0.15, -0.1) is 0 Å². The Bertz CT molecular complexity index is 700. The van der Waals surface area contributed by atoms with E-state index in [9.17, 15) is 9.59 Å². The van der Waals surface area contributed by atoms with Crippen LogP contribution in [0.5, 0.6) is 0 Å². The Hall–Kier alpha value is -2.62. The monoisotopic (exact) mass is 325 g/mol. The molecule has 2 aromatic rings. The predicted octanol–water partition coefficient (Wildman–Crippen LogP) is 4.17. The molecule has 0 spiro atoms. The van der Waals surface area contributed by atoms with E-state index < -0.39 is 12.1 Å². The van der Waals surface area contributed by atoms with Crippen molar-refractivity contribution < 1.29 is 14.3 Å². The molecule has 1 atom stereocenters. The van der Waals surface area contributed by atoms with E-state index in [-0.39, 0.29) is 11.3 Å². The summed E-state index contributed by atoms with van der Waals surface area (Å²) in [6, 6.07) is 16.3. The van der Waals surface area contributed by atoms with Crippen LogP contribution >= 0.6 is 0 Å². The Kier molecular flexibility index (Phi) is 5.39. The molecule has 0 saturated carbocycles. The van der Waals surface area contributed by atoms with E-state index in [2.05, 4.69) is 26.1 Å². The SMILES string of the molecule is CC(OC(=O)c1ccccc1)C(=O)Nc1ccc(C(C)(C)C)cc1. The van der Waals surface area contributed by atoms with Crippen LogP contribution in [0.3, 0.4) is 0 Å². The van der Waals surface area contributed by atoms with Crippen molar-refractivity contribution in [3.05, 3.63) is 65.7 Å². The van der Waals surface area contributed by atoms with E-state index in [1.54, 1.807) is 31.2 Å². The molecule has 0 heterocycles. The third-order valence-corrected chi connectivity index (χ3v) is 3.68. The topological polar surface area (TPSA) is 55.4 Å². The number of benzene rings is 2. The number of anilines is 1. The first-order valence-electron chi connectivity index (χ1n) is 7.95. The summed E-state index contributed by atoms with van der Waals surface area (Å²) in [5, 5.41) is 2.76. The van der Waals surface area contributed by atoms with Gasteiger partial charge in [0.05, 0.1) is 5.56 Å². The summed E-state index contributed by atoms with van der Waals surface area (Å²) in [5.41, 5.74) is 2.34. The standard InChI is InChI=1S/C20H23NO3/c1-14(24-19(23)15-8-6-5-7-9-15)18(22)21-17-12-10-16(11-13-17)20(2,3)4/h5-14H,1-4H3,(H,21,22). The van der Waals surface area contributed by atoms with Gasteiger partial charge in [-0.3, -0.25) is 4.79 Å². The second-order valence-electron chi connectivity index (χ2n) is 6.73. The maximum atomic E-state index is 12.2. The van der Waals surface area contributed by atoms with Gasteiger partial charge in [-0.25, -0.2) is 4.79 Å². The molecule has 4 nitrogen and oxygen atoms in total. The number of esters is 1. The zero-order valence-corrected chi connectivity index (χ0v) is 14.5. The van der Waals surface area contributed by atoms with Crippen LogP contribution in [0.4, 0.5) is 5.69 Å². The fraction of sp³-hybridized carbons (Fsp3) is 0.300. The zero-order valence-electron chi connectivity index (χ0n) is 14.5. The third kappa shape index (κ3) is 4.69. The van der Waals surface area contributed by atoms with Gasteiger partial charge in [0, 0.05) is 5.69 Å². The maximum absolute atomic E-state index is 12.2. The van der Waals surface area contributed by atoms with Gasteiger partial charge in [-0.1, -0.05) is 51.1 Å². The number of carbonyl (C=O) groups is 2. The first-order valence-corrected chi connectivity index (χ1v) is 7.95. The molecule has 126 valence electrons. The lowest BCUT2D eigenvalue weighted by Gasteiger charge is -2.19. The van der Waals surface area contributed by atoms with E-state index in [0.29, 0.717) is 11.3 Å². The smallest absolute Gasteiger partial charge is 0.338 e. The van der Waals surface area contributed by atoms with Crippen LogP contribution in [-0.2, 0) is 14.9 Å². The van der Waals surface area contributed by atoms with Gasteiger partial charge in [-0.05, 0) is 42.2 Å². The van der Waals surface area contributed by atoms with Crippen molar-refractivity contribution >= 4 is 17.6 Å². The Morgan fingerprint density at radius 1 is 0.958 bits per heavy atom. The van der Waals surface area contributed by atoms with E-state index >= 15 is 0 Å². The van der Waals surface area contributed by atoms with Crippen molar-refractivity contribution in [2.45, 2.75) is 39.2 Å². The van der Waals surface area contributed by atoms with Crippen LogP contribution in [0.2, 0.25) is 0 Å². The van der Waals surface area contributed by atoms with Gasteiger partial charge in [0.25, 0.3) is 5.91 Å². The lowest BCUT2D eigenvalue weighted by atomic mass is 9.87. The van der Waals surface area contributed by atoms with E-state index in [0.717, 1.165) is 0 Å². The second-order valence-corrected chi connectivity index (χ2v) is 6.73. The van der Waals surface area contributed by atoms with E-state index in [4.69, 9.17) is 4.74 Å². The van der Waals surface area contributed by atoms with Gasteiger partial charge in [0.15, 0.2) is 6.10 Å². The molecular formula is C20H23NO3. The summed E-state index contributed by atoms with van der Waals surface area (Å²) in [7, 11) is 0. The fourth-order valence-electron chi connectivity index (χ4n) is 2.15. The lowest BCUT2D eigenvalue weighted by molar-refractivity contribution is -0.123. The molecule has 0 aliphatic carbocycles. The van der Waals surface area contributed by atoms with Crippen LogP contribution in [0, 0.1) is 0 Å². The molecule has 0 fully saturated rings. The summed E-state index contributed by atoms with van der Waals surface area (Å²) >= 11 is 0. The average molecular weight is 325 g/mol. The average Bonchev–Trinajstić information content (AvgIpc) is 2.55. The Morgan fingerprint density at radius 3 is 2.08 bits per heavy atom. The van der Waals surface area contributed by atoms with Crippen molar-refractivity contribution in [3.63, 3.8) is 0 Å². The minimum Gasteiger partial charge on any atom is -0.449 e. The molecule has 4 heteroatoms. The first kappa shape index (κ1) is 17.7. The Balaban J connectivity index is 1.95. The van der Waals surface area contributed by atoms with Crippen LogP contribution in [-0.4, -0.2) is 18.0 Å². The molecule has 2 rings (SSSR count). The minimum absolute atomic E-state index is 0.0566. The molecular weight excluding hydrogens is 302 g/mol. The largest absolute Gasteiger partial charge is 0.449 e. The van der Waals surface area contributed by atoms with Gasteiger partial charge < -0.3 is 10.1 Å². The molecule has 1 N–H and O–H groups in total. The number of carbonyl (C=O) groups excluding carboxylic acids is 2. The molecule has 1 unspecified atom stereocenters. The molecule has 0 aliphatic rings. The molecule has 0 radical (unpaired) electrons. The number of nitrogens with one attached hydrogen (secondary N) is 1. The van der Waals surface area contributed by atoms with Crippen LogP contribution in [0.1, 0.15) is 43.6 Å². The van der Waals surface area contributed by atoms with Gasteiger partial charge in [0.2, 0.25) is 0 Å². The molecule has 0 bridgehead atoms. The van der Waals surface area contributed by atoms with Crippen LogP contribution in [0.25, 0.3) is 0 Å². The van der Waals surface area contributed by atoms with E-state index in [1.165, 1.54) is 5.56 Å². The van der Waals surface area contributed by atoms with Gasteiger partial charge in [0.1, 0.15) is 0 Å². The number of rotatable bonds is 4. The number of ether oxygens (including phenoxy) is 1.